The van der Waals surface area contributed by atoms with E-state index >= 15 is 0 Å². The molecule has 2 N–H and O–H groups in total. The summed E-state index contributed by atoms with van der Waals surface area (Å²) < 4.78 is 6.43. The van der Waals surface area contributed by atoms with Crippen LogP contribution in [0.15, 0.2) is 48.8 Å². The standard InChI is InChI=1S/C21H20N4O3S/c22-20(26)18-6-15-16(7-23-8-19(15)29-18)25-10-14-9-24(11-17(14)25)21(27)28-12-13-4-2-1-3-5-13/h1-8,14,17H,9-12H2,(H2,22,26)/t14-,17-/m0/s1. The number of primary amides is 1. The van der Waals surface area contributed by atoms with Crippen molar-refractivity contribution in [1.29, 1.82) is 0 Å². The van der Waals surface area contributed by atoms with E-state index in [1.165, 1.54) is 11.3 Å². The summed E-state index contributed by atoms with van der Waals surface area (Å²) in [7, 11) is 0. The van der Waals surface area contributed by atoms with Crippen LogP contribution in [0.1, 0.15) is 15.2 Å². The van der Waals surface area contributed by atoms with Gasteiger partial charge in [0.1, 0.15) is 6.61 Å². The van der Waals surface area contributed by atoms with E-state index in [2.05, 4.69) is 9.88 Å². The second-order valence-corrected chi connectivity index (χ2v) is 8.55. The van der Waals surface area contributed by atoms with E-state index < -0.39 is 5.91 Å². The molecule has 148 valence electrons. The number of carbonyl (C=O) groups is 2. The Balaban J connectivity index is 1.28. The molecule has 2 fully saturated rings. The van der Waals surface area contributed by atoms with Gasteiger partial charge in [0.15, 0.2) is 0 Å². The number of hydrogen-bond donors (Lipinski definition) is 1. The van der Waals surface area contributed by atoms with Crippen LogP contribution >= 0.6 is 11.3 Å². The molecule has 0 spiro atoms. The Bertz CT molecular complexity index is 1080. The van der Waals surface area contributed by atoms with E-state index in [1.807, 2.05) is 42.6 Å². The van der Waals surface area contributed by atoms with Gasteiger partial charge in [-0.3, -0.25) is 9.78 Å². The van der Waals surface area contributed by atoms with E-state index in [4.69, 9.17) is 10.5 Å². The number of pyridine rings is 1. The number of rotatable bonds is 4. The van der Waals surface area contributed by atoms with Gasteiger partial charge in [0.05, 0.1) is 27.5 Å². The van der Waals surface area contributed by atoms with Gasteiger partial charge in [-0.2, -0.15) is 0 Å². The predicted molar refractivity (Wildman–Crippen MR) is 111 cm³/mol. The highest BCUT2D eigenvalue weighted by Crippen LogP contribution is 2.41. The molecule has 0 radical (unpaired) electrons. The smallest absolute Gasteiger partial charge is 0.410 e. The van der Waals surface area contributed by atoms with Gasteiger partial charge in [0.2, 0.25) is 0 Å². The first-order chi connectivity index (χ1) is 14.1. The largest absolute Gasteiger partial charge is 0.445 e. The van der Waals surface area contributed by atoms with Crippen LogP contribution in [0.4, 0.5) is 10.5 Å². The Morgan fingerprint density at radius 1 is 1.17 bits per heavy atom. The number of fused-ring (bicyclic) bond motifs is 2. The van der Waals surface area contributed by atoms with Crippen molar-refractivity contribution in [3.8, 4) is 0 Å². The lowest BCUT2D eigenvalue weighted by atomic mass is 9.91. The molecular formula is C21H20N4O3S. The molecule has 8 heteroatoms. The number of benzene rings is 1. The molecule has 5 rings (SSSR count). The summed E-state index contributed by atoms with van der Waals surface area (Å²) in [5.74, 6) is -0.00406. The van der Waals surface area contributed by atoms with Gasteiger partial charge in [-0.15, -0.1) is 11.3 Å². The summed E-state index contributed by atoms with van der Waals surface area (Å²) in [5.41, 5.74) is 7.41. The lowest BCUT2D eigenvalue weighted by molar-refractivity contribution is 0.100. The molecule has 0 saturated carbocycles. The van der Waals surface area contributed by atoms with Gasteiger partial charge in [-0.05, 0) is 11.6 Å². The first kappa shape index (κ1) is 17.9. The Morgan fingerprint density at radius 3 is 2.79 bits per heavy atom. The Morgan fingerprint density at radius 2 is 2.00 bits per heavy atom. The van der Waals surface area contributed by atoms with Crippen LogP contribution in [0.5, 0.6) is 0 Å². The van der Waals surface area contributed by atoms with Gasteiger partial charge in [-0.25, -0.2) is 4.79 Å². The first-order valence-electron chi connectivity index (χ1n) is 9.50. The zero-order valence-corrected chi connectivity index (χ0v) is 16.5. The lowest BCUT2D eigenvalue weighted by Crippen LogP contribution is -2.55. The monoisotopic (exact) mass is 408 g/mol. The highest BCUT2D eigenvalue weighted by molar-refractivity contribution is 7.20. The summed E-state index contributed by atoms with van der Waals surface area (Å²) >= 11 is 1.36. The average Bonchev–Trinajstić information content (AvgIpc) is 3.30. The van der Waals surface area contributed by atoms with E-state index in [0.717, 1.165) is 27.9 Å². The second kappa shape index (κ2) is 7.04. The number of carbonyl (C=O) groups excluding carboxylic acids is 2. The molecule has 2 amide bonds. The van der Waals surface area contributed by atoms with Crippen LogP contribution in [0, 0.1) is 5.92 Å². The number of thiophene rings is 1. The molecular weight excluding hydrogens is 388 g/mol. The average molecular weight is 408 g/mol. The van der Waals surface area contributed by atoms with Crippen molar-refractivity contribution in [3.63, 3.8) is 0 Å². The van der Waals surface area contributed by atoms with E-state index in [9.17, 15) is 9.59 Å². The zero-order chi connectivity index (χ0) is 20.0. The topological polar surface area (TPSA) is 88.8 Å². The normalized spacial score (nSPS) is 20.4. The second-order valence-electron chi connectivity index (χ2n) is 7.47. The van der Waals surface area contributed by atoms with Crippen molar-refractivity contribution in [2.45, 2.75) is 12.6 Å². The van der Waals surface area contributed by atoms with Gasteiger partial charge in [-0.1, -0.05) is 30.3 Å². The Labute approximate surface area is 171 Å². The van der Waals surface area contributed by atoms with Crippen molar-refractivity contribution in [2.75, 3.05) is 24.5 Å². The molecule has 4 heterocycles. The first-order valence-corrected chi connectivity index (χ1v) is 10.3. The number of nitrogens with zero attached hydrogens (tertiary/aromatic N) is 3. The SMILES string of the molecule is NC(=O)c1cc2c(N3C[C@@H]4CN(C(=O)OCc5ccccc5)C[C@@H]43)cncc2s1. The molecule has 29 heavy (non-hydrogen) atoms. The Kier molecular flexibility index (Phi) is 4.35. The van der Waals surface area contributed by atoms with Gasteiger partial charge >= 0.3 is 6.09 Å². The van der Waals surface area contributed by atoms with Gasteiger partial charge in [0, 0.05) is 37.1 Å². The van der Waals surface area contributed by atoms with Crippen LogP contribution in [-0.4, -0.2) is 47.6 Å². The van der Waals surface area contributed by atoms with Crippen molar-refractivity contribution in [1.82, 2.24) is 9.88 Å². The molecule has 2 atom stereocenters. The maximum Gasteiger partial charge on any atom is 0.410 e. The molecule has 3 aromatic rings. The van der Waals surface area contributed by atoms with E-state index in [0.29, 0.717) is 23.9 Å². The number of amides is 2. The summed E-state index contributed by atoms with van der Waals surface area (Å²) in [6.45, 7) is 2.47. The summed E-state index contributed by atoms with van der Waals surface area (Å²) in [6, 6.07) is 11.8. The van der Waals surface area contributed by atoms with Crippen LogP contribution in [0.3, 0.4) is 0 Å². The zero-order valence-electron chi connectivity index (χ0n) is 15.7. The van der Waals surface area contributed by atoms with Gasteiger partial charge < -0.3 is 20.3 Å². The molecule has 0 unspecified atom stereocenters. The number of hydrogen-bond acceptors (Lipinski definition) is 6. The molecule has 2 aliphatic heterocycles. The number of likely N-dealkylation sites (tertiary alicyclic amines) is 1. The third-order valence-electron chi connectivity index (χ3n) is 5.68. The fraction of sp³-hybridized carbons (Fsp3) is 0.286. The number of ether oxygens (including phenoxy) is 1. The summed E-state index contributed by atoms with van der Waals surface area (Å²) in [5, 5.41) is 0.988. The third kappa shape index (κ3) is 3.19. The highest BCUT2D eigenvalue weighted by atomic mass is 32.1. The van der Waals surface area contributed by atoms with Crippen LogP contribution in [0.25, 0.3) is 10.1 Å². The lowest BCUT2D eigenvalue weighted by Gasteiger charge is -2.45. The van der Waals surface area contributed by atoms with E-state index in [1.54, 1.807) is 11.1 Å². The number of anilines is 1. The minimum Gasteiger partial charge on any atom is -0.445 e. The fourth-order valence-electron chi connectivity index (χ4n) is 4.17. The fourth-order valence-corrected chi connectivity index (χ4v) is 5.07. The van der Waals surface area contributed by atoms with Gasteiger partial charge in [0.25, 0.3) is 5.91 Å². The molecule has 2 saturated heterocycles. The minimum atomic E-state index is -0.424. The minimum absolute atomic E-state index is 0.239. The third-order valence-corrected chi connectivity index (χ3v) is 6.76. The highest BCUT2D eigenvalue weighted by Gasteiger charge is 2.48. The van der Waals surface area contributed by atoms with Crippen molar-refractivity contribution < 1.29 is 14.3 Å². The predicted octanol–water partition coefficient (Wildman–Crippen LogP) is 2.85. The molecule has 1 aromatic carbocycles. The van der Waals surface area contributed by atoms with Crippen LogP contribution in [0.2, 0.25) is 0 Å². The quantitative estimate of drug-likeness (QED) is 0.717. The van der Waals surface area contributed by atoms with Crippen molar-refractivity contribution >= 4 is 39.1 Å². The molecule has 2 aliphatic rings. The maximum absolute atomic E-state index is 12.5. The van der Waals surface area contributed by atoms with Crippen LogP contribution < -0.4 is 10.6 Å². The number of nitrogens with two attached hydrogens (primary N) is 1. The molecule has 7 nitrogen and oxygen atoms in total. The molecule has 2 aromatic heterocycles. The summed E-state index contributed by atoms with van der Waals surface area (Å²) in [4.78, 5) is 32.9. The Hall–Kier alpha value is -3.13. The van der Waals surface area contributed by atoms with Crippen LogP contribution in [-0.2, 0) is 11.3 Å². The molecule has 0 aliphatic carbocycles. The summed E-state index contributed by atoms with van der Waals surface area (Å²) in [6.07, 6.45) is 3.31. The molecule has 0 bridgehead atoms. The van der Waals surface area contributed by atoms with E-state index in [-0.39, 0.29) is 18.7 Å². The van der Waals surface area contributed by atoms with Crippen molar-refractivity contribution in [2.24, 2.45) is 11.7 Å². The maximum atomic E-state index is 12.5. The number of aromatic nitrogens is 1. The van der Waals surface area contributed by atoms with Crippen molar-refractivity contribution in [3.05, 3.63) is 59.2 Å².